The minimum Gasteiger partial charge on any atom is -0.457 e. The predicted octanol–water partition coefficient (Wildman–Crippen LogP) is 1.83. The summed E-state index contributed by atoms with van der Waals surface area (Å²) in [5.74, 6) is -1.52. The molecule has 1 N–H and O–H groups in total. The second-order valence-electron chi connectivity index (χ2n) is 6.77. The van der Waals surface area contributed by atoms with Crippen molar-refractivity contribution in [1.29, 1.82) is 0 Å². The largest absolute Gasteiger partial charge is 0.457 e. The Bertz CT molecular complexity index is 410. The average Bonchev–Trinajstić information content (AvgIpc) is 3.23. The second-order valence-corrected chi connectivity index (χ2v) is 6.77. The molecule has 0 aromatic heterocycles. The number of epoxide rings is 1. The third-order valence-electron chi connectivity index (χ3n) is 4.80. The summed E-state index contributed by atoms with van der Waals surface area (Å²) >= 11 is 0. The molecule has 1 saturated heterocycles. The van der Waals surface area contributed by atoms with Crippen LogP contribution in [0.5, 0.6) is 0 Å². The van der Waals surface area contributed by atoms with Crippen molar-refractivity contribution < 1.29 is 28.9 Å². The third kappa shape index (κ3) is 6.11. The van der Waals surface area contributed by atoms with Gasteiger partial charge in [0.15, 0.2) is 0 Å². The zero-order valence-electron chi connectivity index (χ0n) is 14.0. The molecule has 1 saturated carbocycles. The third-order valence-corrected chi connectivity index (χ3v) is 4.80. The van der Waals surface area contributed by atoms with Gasteiger partial charge in [0.2, 0.25) is 0 Å². The first-order valence-electron chi connectivity index (χ1n) is 8.67. The molecule has 1 aliphatic carbocycles. The molecule has 6 heteroatoms. The van der Waals surface area contributed by atoms with Gasteiger partial charge >= 0.3 is 11.9 Å². The van der Waals surface area contributed by atoms with E-state index in [-0.39, 0.29) is 43.4 Å². The normalized spacial score (nSPS) is 31.3. The maximum Gasteiger partial charge on any atom is 0.417 e. The van der Waals surface area contributed by atoms with Crippen molar-refractivity contribution in [1.82, 2.24) is 0 Å². The molecule has 5 atom stereocenters. The maximum atomic E-state index is 11.7. The zero-order chi connectivity index (χ0) is 16.8. The van der Waals surface area contributed by atoms with Gasteiger partial charge in [0.1, 0.15) is 0 Å². The van der Waals surface area contributed by atoms with Crippen LogP contribution in [0, 0.1) is 11.8 Å². The number of carbonyl (C=O) groups is 2. The molecule has 1 heterocycles. The highest BCUT2D eigenvalue weighted by molar-refractivity contribution is 6.29. The van der Waals surface area contributed by atoms with Crippen LogP contribution in [0.3, 0.4) is 0 Å². The number of hydrogen-bond acceptors (Lipinski definition) is 6. The number of ether oxygens (including phenoxy) is 3. The molecule has 0 aromatic carbocycles. The Kier molecular flexibility index (Phi) is 6.84. The van der Waals surface area contributed by atoms with Crippen molar-refractivity contribution in [2.75, 3.05) is 13.2 Å². The van der Waals surface area contributed by atoms with E-state index in [1.165, 1.54) is 0 Å². The monoisotopic (exact) mass is 328 g/mol. The smallest absolute Gasteiger partial charge is 0.417 e. The fourth-order valence-corrected chi connectivity index (χ4v) is 3.08. The van der Waals surface area contributed by atoms with Gasteiger partial charge < -0.3 is 19.3 Å². The number of esters is 2. The number of rotatable bonds is 7. The van der Waals surface area contributed by atoms with Crippen LogP contribution in [0.2, 0.25) is 0 Å². The summed E-state index contributed by atoms with van der Waals surface area (Å²) in [5, 5.41) is 9.58. The molecule has 0 spiro atoms. The van der Waals surface area contributed by atoms with Crippen molar-refractivity contribution in [3.05, 3.63) is 0 Å². The summed E-state index contributed by atoms with van der Waals surface area (Å²) in [4.78, 5) is 23.4. The van der Waals surface area contributed by atoms with Crippen LogP contribution < -0.4 is 0 Å². The van der Waals surface area contributed by atoms with E-state index < -0.39 is 11.9 Å². The van der Waals surface area contributed by atoms with E-state index in [1.807, 2.05) is 13.8 Å². The van der Waals surface area contributed by atoms with E-state index in [0.717, 1.165) is 32.1 Å². The number of hydrogen-bond donors (Lipinski definition) is 1. The van der Waals surface area contributed by atoms with Crippen LogP contribution in [-0.4, -0.2) is 48.6 Å². The molecule has 2 rings (SSSR count). The van der Waals surface area contributed by atoms with E-state index >= 15 is 0 Å². The van der Waals surface area contributed by atoms with Crippen LogP contribution in [0.15, 0.2) is 0 Å². The van der Waals surface area contributed by atoms with Gasteiger partial charge in [-0.25, -0.2) is 9.59 Å². The lowest BCUT2D eigenvalue weighted by atomic mass is 9.88. The first-order chi connectivity index (χ1) is 11.0. The summed E-state index contributed by atoms with van der Waals surface area (Å²) < 4.78 is 15.4. The van der Waals surface area contributed by atoms with Gasteiger partial charge in [0.25, 0.3) is 0 Å². The van der Waals surface area contributed by atoms with Crippen LogP contribution >= 0.6 is 0 Å². The molecule has 1 aliphatic heterocycles. The molecule has 23 heavy (non-hydrogen) atoms. The molecule has 2 fully saturated rings. The van der Waals surface area contributed by atoms with E-state index in [2.05, 4.69) is 0 Å². The lowest BCUT2D eigenvalue weighted by molar-refractivity contribution is -0.169. The van der Waals surface area contributed by atoms with Crippen LogP contribution in [0.1, 0.15) is 52.4 Å². The number of aliphatic hydroxyl groups is 1. The summed E-state index contributed by atoms with van der Waals surface area (Å²) in [6.07, 6.45) is 5.20. The minimum atomic E-state index is -0.934. The fourth-order valence-electron chi connectivity index (χ4n) is 3.08. The second kappa shape index (κ2) is 8.64. The van der Waals surface area contributed by atoms with Gasteiger partial charge in [-0.1, -0.05) is 13.3 Å². The maximum absolute atomic E-state index is 11.7. The van der Waals surface area contributed by atoms with Gasteiger partial charge in [-0.3, -0.25) is 0 Å². The molecule has 132 valence electrons. The Morgan fingerprint density at radius 2 is 1.96 bits per heavy atom. The van der Waals surface area contributed by atoms with Crippen molar-refractivity contribution in [2.45, 2.75) is 70.7 Å². The van der Waals surface area contributed by atoms with Crippen molar-refractivity contribution in [3.8, 4) is 0 Å². The molecular formula is C17H28O6. The standard InChI is InChI=1S/C17H28O6/c1-3-12(8-15-11(2)23-15)9-21-16(19)17(20)22-10-13-5-4-6-14(18)7-13/h11-15,18H,3-10H2,1-2H3. The zero-order valence-corrected chi connectivity index (χ0v) is 14.0. The predicted molar refractivity (Wildman–Crippen MR) is 82.6 cm³/mol. The van der Waals surface area contributed by atoms with Crippen molar-refractivity contribution in [2.24, 2.45) is 11.8 Å². The molecule has 2 aliphatic rings. The van der Waals surface area contributed by atoms with Crippen LogP contribution in [0.25, 0.3) is 0 Å². The lowest BCUT2D eigenvalue weighted by Gasteiger charge is -2.25. The van der Waals surface area contributed by atoms with E-state index in [9.17, 15) is 14.7 Å². The fraction of sp³-hybridized carbons (Fsp3) is 0.882. The lowest BCUT2D eigenvalue weighted by Crippen LogP contribution is -2.28. The molecule has 0 amide bonds. The Balaban J connectivity index is 1.62. The number of aliphatic hydroxyl groups excluding tert-OH is 1. The van der Waals surface area contributed by atoms with Gasteiger partial charge in [-0.15, -0.1) is 0 Å². The highest BCUT2D eigenvalue weighted by Crippen LogP contribution is 2.29. The average molecular weight is 328 g/mol. The van der Waals surface area contributed by atoms with Crippen molar-refractivity contribution >= 4 is 11.9 Å². The summed E-state index contributed by atoms with van der Waals surface area (Å²) in [6, 6.07) is 0. The summed E-state index contributed by atoms with van der Waals surface area (Å²) in [7, 11) is 0. The Morgan fingerprint density at radius 3 is 2.57 bits per heavy atom. The van der Waals surface area contributed by atoms with E-state index in [1.54, 1.807) is 0 Å². The van der Waals surface area contributed by atoms with Crippen LogP contribution in [-0.2, 0) is 23.8 Å². The molecule has 0 radical (unpaired) electrons. The van der Waals surface area contributed by atoms with Crippen LogP contribution in [0.4, 0.5) is 0 Å². The first-order valence-corrected chi connectivity index (χ1v) is 8.67. The van der Waals surface area contributed by atoms with Gasteiger partial charge in [-0.2, -0.15) is 0 Å². The quantitative estimate of drug-likeness (QED) is 0.436. The Hall–Kier alpha value is -1.14. The molecule has 5 unspecified atom stereocenters. The van der Waals surface area contributed by atoms with Gasteiger partial charge in [0.05, 0.1) is 31.5 Å². The molecule has 0 bridgehead atoms. The first kappa shape index (κ1) is 18.2. The highest BCUT2D eigenvalue weighted by Gasteiger charge is 2.36. The summed E-state index contributed by atoms with van der Waals surface area (Å²) in [6.45, 7) is 4.44. The highest BCUT2D eigenvalue weighted by atomic mass is 16.6. The molecular weight excluding hydrogens is 300 g/mol. The van der Waals surface area contributed by atoms with Crippen molar-refractivity contribution in [3.63, 3.8) is 0 Å². The van der Waals surface area contributed by atoms with Gasteiger partial charge in [0, 0.05) is 0 Å². The molecule has 6 nitrogen and oxygen atoms in total. The molecule has 0 aromatic rings. The summed E-state index contributed by atoms with van der Waals surface area (Å²) in [5.41, 5.74) is 0. The Morgan fingerprint density at radius 1 is 1.26 bits per heavy atom. The van der Waals surface area contributed by atoms with E-state index in [4.69, 9.17) is 14.2 Å². The Labute approximate surface area is 137 Å². The topological polar surface area (TPSA) is 85.4 Å². The van der Waals surface area contributed by atoms with Gasteiger partial charge in [-0.05, 0) is 50.9 Å². The van der Waals surface area contributed by atoms with E-state index in [0.29, 0.717) is 6.42 Å². The minimum absolute atomic E-state index is 0.132. The number of carbonyl (C=O) groups excluding carboxylic acids is 2. The SMILES string of the molecule is CCC(COC(=O)C(=O)OCC1CCCC(O)C1)CC1OC1C.